The van der Waals surface area contributed by atoms with Crippen LogP contribution in [0.3, 0.4) is 0 Å². The highest BCUT2D eigenvalue weighted by atomic mass is 16.7. The number of hydrogen-bond acceptors (Lipinski definition) is 3. The Morgan fingerprint density at radius 1 is 1.53 bits per heavy atom. The second-order valence-electron chi connectivity index (χ2n) is 4.45. The van der Waals surface area contributed by atoms with Crippen molar-refractivity contribution in [3.8, 4) is 0 Å². The minimum atomic E-state index is -0.397. The van der Waals surface area contributed by atoms with Crippen LogP contribution in [0, 0.1) is 6.92 Å². The molecule has 1 N–H and O–H groups in total. The first-order valence-electron chi connectivity index (χ1n) is 4.78. The van der Waals surface area contributed by atoms with E-state index < -0.39 is 5.60 Å². The van der Waals surface area contributed by atoms with Crippen molar-refractivity contribution in [2.75, 3.05) is 0 Å². The molecule has 1 heterocycles. The lowest BCUT2D eigenvalue weighted by atomic mass is 10.2. The van der Waals surface area contributed by atoms with Gasteiger partial charge in [-0.15, -0.1) is 0 Å². The van der Waals surface area contributed by atoms with Crippen LogP contribution in [0.15, 0.2) is 6.20 Å². The summed E-state index contributed by atoms with van der Waals surface area (Å²) in [5.41, 5.74) is 3.22. The summed E-state index contributed by atoms with van der Waals surface area (Å²) < 4.78 is 1.60. The third-order valence-electron chi connectivity index (χ3n) is 1.71. The summed E-state index contributed by atoms with van der Waals surface area (Å²) >= 11 is 0. The molecule has 0 saturated heterocycles. The van der Waals surface area contributed by atoms with Gasteiger partial charge >= 0.3 is 0 Å². The lowest BCUT2D eigenvalue weighted by Crippen LogP contribution is -2.33. The van der Waals surface area contributed by atoms with Crippen LogP contribution in [0.5, 0.6) is 0 Å². The minimum absolute atomic E-state index is 0.268. The van der Waals surface area contributed by atoms with Gasteiger partial charge in [0.15, 0.2) is 0 Å². The molecule has 0 radical (unpaired) electrons. The van der Waals surface area contributed by atoms with Gasteiger partial charge in [0, 0.05) is 13.2 Å². The van der Waals surface area contributed by atoms with Crippen LogP contribution in [0.1, 0.15) is 36.8 Å². The number of hydrogen-bond donors (Lipinski definition) is 1. The first-order chi connectivity index (χ1) is 6.79. The zero-order valence-electron chi connectivity index (χ0n) is 9.79. The second kappa shape index (κ2) is 4.02. The van der Waals surface area contributed by atoms with E-state index in [-0.39, 0.29) is 5.91 Å². The maximum absolute atomic E-state index is 11.6. The highest BCUT2D eigenvalue weighted by Gasteiger charge is 2.16. The summed E-state index contributed by atoms with van der Waals surface area (Å²) in [6.45, 7) is 7.38. The first kappa shape index (κ1) is 11.7. The van der Waals surface area contributed by atoms with Gasteiger partial charge < -0.3 is 0 Å². The summed E-state index contributed by atoms with van der Waals surface area (Å²) in [7, 11) is 1.77. The number of rotatable bonds is 2. The Morgan fingerprint density at radius 3 is 2.53 bits per heavy atom. The maximum Gasteiger partial charge on any atom is 0.278 e. The van der Waals surface area contributed by atoms with Gasteiger partial charge in [0.25, 0.3) is 5.91 Å². The highest BCUT2D eigenvalue weighted by molar-refractivity contribution is 5.94. The van der Waals surface area contributed by atoms with Crippen molar-refractivity contribution in [3.63, 3.8) is 0 Å². The van der Waals surface area contributed by atoms with E-state index in [1.54, 1.807) is 24.9 Å². The normalized spacial score (nSPS) is 11.5. The van der Waals surface area contributed by atoms with E-state index in [0.29, 0.717) is 11.3 Å². The van der Waals surface area contributed by atoms with Gasteiger partial charge in [0.2, 0.25) is 0 Å². The summed E-state index contributed by atoms with van der Waals surface area (Å²) in [4.78, 5) is 16.8. The van der Waals surface area contributed by atoms with E-state index in [9.17, 15) is 4.79 Å². The number of nitrogens with one attached hydrogen (secondary N) is 1. The number of nitrogens with zero attached hydrogens (tertiary/aromatic N) is 2. The quantitative estimate of drug-likeness (QED) is 0.747. The molecule has 0 aliphatic rings. The molecule has 0 fully saturated rings. The van der Waals surface area contributed by atoms with Crippen molar-refractivity contribution < 1.29 is 9.63 Å². The smallest absolute Gasteiger partial charge is 0.275 e. The van der Waals surface area contributed by atoms with E-state index in [1.807, 2.05) is 20.8 Å². The Labute approximate surface area is 89.4 Å². The second-order valence-corrected chi connectivity index (χ2v) is 4.45. The monoisotopic (exact) mass is 211 g/mol. The first-order valence-corrected chi connectivity index (χ1v) is 4.78. The number of hydroxylamine groups is 1. The van der Waals surface area contributed by atoms with Gasteiger partial charge in [-0.3, -0.25) is 14.3 Å². The molecule has 0 saturated carbocycles. The molecule has 1 rings (SSSR count). The number of carbonyl (C=O) groups excluding carboxylic acids is 1. The molecule has 0 aromatic carbocycles. The Kier molecular flexibility index (Phi) is 3.14. The van der Waals surface area contributed by atoms with E-state index in [0.717, 1.165) is 0 Å². The van der Waals surface area contributed by atoms with Crippen molar-refractivity contribution >= 4 is 5.91 Å². The molecule has 0 bridgehead atoms. The average Bonchev–Trinajstić information content (AvgIpc) is 2.40. The van der Waals surface area contributed by atoms with Gasteiger partial charge in [-0.05, 0) is 27.7 Å². The predicted molar refractivity (Wildman–Crippen MR) is 56.2 cm³/mol. The van der Waals surface area contributed by atoms with Gasteiger partial charge in [0.05, 0.1) is 16.9 Å². The average molecular weight is 211 g/mol. The minimum Gasteiger partial charge on any atom is -0.275 e. The van der Waals surface area contributed by atoms with Gasteiger partial charge in [-0.1, -0.05) is 0 Å². The Morgan fingerprint density at radius 2 is 2.13 bits per heavy atom. The fraction of sp³-hybridized carbons (Fsp3) is 0.600. The van der Waals surface area contributed by atoms with Gasteiger partial charge in [-0.2, -0.15) is 5.10 Å². The van der Waals surface area contributed by atoms with Gasteiger partial charge in [-0.25, -0.2) is 5.48 Å². The molecule has 0 atom stereocenters. The maximum atomic E-state index is 11.6. The molecule has 5 nitrogen and oxygen atoms in total. The molecule has 0 spiro atoms. The standard InChI is InChI=1S/C10H17N3O2/c1-7-8(6-13(5)11-7)9(14)12-15-10(2,3)4/h6H,1-5H3,(H,12,14). The molecule has 1 aromatic rings. The van der Waals surface area contributed by atoms with Crippen molar-refractivity contribution in [1.29, 1.82) is 0 Å². The van der Waals surface area contributed by atoms with Crippen molar-refractivity contribution in [1.82, 2.24) is 15.3 Å². The van der Waals surface area contributed by atoms with Crippen molar-refractivity contribution in [3.05, 3.63) is 17.5 Å². The van der Waals surface area contributed by atoms with Crippen LogP contribution in [-0.4, -0.2) is 21.3 Å². The molecule has 0 aliphatic heterocycles. The van der Waals surface area contributed by atoms with Crippen LogP contribution in [0.25, 0.3) is 0 Å². The van der Waals surface area contributed by atoms with Crippen LogP contribution < -0.4 is 5.48 Å². The number of aryl methyl sites for hydroxylation is 2. The molecule has 5 heteroatoms. The van der Waals surface area contributed by atoms with E-state index >= 15 is 0 Å². The molecule has 0 unspecified atom stereocenters. The number of aromatic nitrogens is 2. The van der Waals surface area contributed by atoms with Crippen LogP contribution >= 0.6 is 0 Å². The molecule has 1 aromatic heterocycles. The molecule has 1 amide bonds. The van der Waals surface area contributed by atoms with Crippen molar-refractivity contribution in [2.24, 2.45) is 7.05 Å². The SMILES string of the molecule is Cc1nn(C)cc1C(=O)NOC(C)(C)C. The van der Waals surface area contributed by atoms with Crippen molar-refractivity contribution in [2.45, 2.75) is 33.3 Å². The Bertz CT molecular complexity index is 363. The summed E-state index contributed by atoms with van der Waals surface area (Å²) in [6, 6.07) is 0. The molecule has 0 aliphatic carbocycles. The third-order valence-corrected chi connectivity index (χ3v) is 1.71. The lowest BCUT2D eigenvalue weighted by Gasteiger charge is -2.18. The zero-order chi connectivity index (χ0) is 11.6. The summed E-state index contributed by atoms with van der Waals surface area (Å²) in [6.07, 6.45) is 1.66. The summed E-state index contributed by atoms with van der Waals surface area (Å²) in [5, 5.41) is 4.08. The fourth-order valence-corrected chi connectivity index (χ4v) is 1.08. The van der Waals surface area contributed by atoms with E-state index in [1.165, 1.54) is 0 Å². The topological polar surface area (TPSA) is 56.2 Å². The van der Waals surface area contributed by atoms with E-state index in [4.69, 9.17) is 4.84 Å². The number of amides is 1. The predicted octanol–water partition coefficient (Wildman–Crippen LogP) is 1.19. The molecule has 15 heavy (non-hydrogen) atoms. The highest BCUT2D eigenvalue weighted by Crippen LogP contribution is 2.07. The Hall–Kier alpha value is -1.36. The molecule has 84 valence electrons. The Balaban J connectivity index is 2.66. The largest absolute Gasteiger partial charge is 0.278 e. The van der Waals surface area contributed by atoms with Gasteiger partial charge in [0.1, 0.15) is 0 Å². The molecular formula is C10H17N3O2. The van der Waals surface area contributed by atoms with Crippen LogP contribution in [-0.2, 0) is 11.9 Å². The third kappa shape index (κ3) is 3.36. The van der Waals surface area contributed by atoms with Crippen LogP contribution in [0.4, 0.5) is 0 Å². The summed E-state index contributed by atoms with van der Waals surface area (Å²) in [5.74, 6) is -0.268. The van der Waals surface area contributed by atoms with Crippen LogP contribution in [0.2, 0.25) is 0 Å². The van der Waals surface area contributed by atoms with E-state index in [2.05, 4.69) is 10.6 Å². The fourth-order valence-electron chi connectivity index (χ4n) is 1.08. The lowest BCUT2D eigenvalue weighted by molar-refractivity contribution is -0.0590. The zero-order valence-corrected chi connectivity index (χ0v) is 9.79. The number of carbonyl (C=O) groups is 1. The molecular weight excluding hydrogens is 194 g/mol.